The smallest absolute Gasteiger partial charge is 0.238 e. The molecule has 1 atom stereocenters. The van der Waals surface area contributed by atoms with Crippen LogP contribution in [0.4, 0.5) is 5.69 Å². The highest BCUT2D eigenvalue weighted by atomic mass is 16.5. The third-order valence-corrected chi connectivity index (χ3v) is 3.23. The first-order valence-corrected chi connectivity index (χ1v) is 6.98. The lowest BCUT2D eigenvalue weighted by atomic mass is 10.2. The van der Waals surface area contributed by atoms with Crippen molar-refractivity contribution in [1.29, 1.82) is 5.26 Å². The number of nitrogens with zero attached hydrogens (tertiary/aromatic N) is 2. The van der Waals surface area contributed by atoms with Crippen molar-refractivity contribution in [2.75, 3.05) is 45.2 Å². The van der Waals surface area contributed by atoms with Gasteiger partial charge in [-0.2, -0.15) is 5.26 Å². The first kappa shape index (κ1) is 15.4. The van der Waals surface area contributed by atoms with Crippen LogP contribution in [-0.2, 0) is 9.53 Å². The van der Waals surface area contributed by atoms with Gasteiger partial charge in [0.05, 0.1) is 30.9 Å². The minimum atomic E-state index is -0.0778. The largest absolute Gasteiger partial charge is 0.374 e. The second-order valence-electron chi connectivity index (χ2n) is 5.13. The number of rotatable bonds is 5. The van der Waals surface area contributed by atoms with Crippen molar-refractivity contribution in [3.63, 3.8) is 0 Å². The zero-order valence-electron chi connectivity index (χ0n) is 12.1. The van der Waals surface area contributed by atoms with E-state index in [-0.39, 0.29) is 12.0 Å². The Morgan fingerprint density at radius 1 is 1.52 bits per heavy atom. The number of carbonyl (C=O) groups is 1. The van der Waals surface area contributed by atoms with Crippen molar-refractivity contribution < 1.29 is 9.53 Å². The van der Waals surface area contributed by atoms with E-state index < -0.39 is 0 Å². The maximum atomic E-state index is 11.9. The lowest BCUT2D eigenvalue weighted by Gasteiger charge is -2.27. The molecule has 6 heteroatoms. The van der Waals surface area contributed by atoms with E-state index in [0.29, 0.717) is 24.3 Å². The third-order valence-electron chi connectivity index (χ3n) is 3.23. The summed E-state index contributed by atoms with van der Waals surface area (Å²) in [4.78, 5) is 13.9. The van der Waals surface area contributed by atoms with Crippen molar-refractivity contribution in [2.45, 2.75) is 6.10 Å². The van der Waals surface area contributed by atoms with Crippen molar-refractivity contribution in [2.24, 2.45) is 0 Å². The second-order valence-corrected chi connectivity index (χ2v) is 5.13. The van der Waals surface area contributed by atoms with Crippen molar-refractivity contribution in [1.82, 2.24) is 10.2 Å². The van der Waals surface area contributed by atoms with Gasteiger partial charge in [-0.1, -0.05) is 0 Å². The van der Waals surface area contributed by atoms with Crippen LogP contribution in [0.25, 0.3) is 0 Å². The van der Waals surface area contributed by atoms with Gasteiger partial charge in [0.15, 0.2) is 0 Å². The number of ether oxygens (including phenoxy) is 1. The average Bonchev–Trinajstić information content (AvgIpc) is 2.48. The van der Waals surface area contributed by atoms with E-state index in [4.69, 9.17) is 10.00 Å². The molecule has 1 saturated heterocycles. The molecule has 0 spiro atoms. The van der Waals surface area contributed by atoms with Crippen LogP contribution in [0, 0.1) is 11.3 Å². The molecule has 1 heterocycles. The lowest BCUT2D eigenvalue weighted by molar-refractivity contribution is -0.117. The highest BCUT2D eigenvalue weighted by Crippen LogP contribution is 2.08. The van der Waals surface area contributed by atoms with Gasteiger partial charge in [-0.15, -0.1) is 0 Å². The lowest BCUT2D eigenvalue weighted by Crippen LogP contribution is -2.45. The van der Waals surface area contributed by atoms with Gasteiger partial charge in [0.25, 0.3) is 0 Å². The highest BCUT2D eigenvalue weighted by molar-refractivity contribution is 5.92. The van der Waals surface area contributed by atoms with E-state index in [9.17, 15) is 4.79 Å². The van der Waals surface area contributed by atoms with Crippen LogP contribution in [-0.4, -0.2) is 56.7 Å². The predicted octanol–water partition coefficient (Wildman–Crippen LogP) is 0.417. The molecule has 0 bridgehead atoms. The van der Waals surface area contributed by atoms with E-state index in [1.54, 1.807) is 24.3 Å². The molecule has 2 rings (SSSR count). The highest BCUT2D eigenvalue weighted by Gasteiger charge is 2.16. The molecule has 0 aliphatic carbocycles. The Morgan fingerprint density at radius 3 is 2.90 bits per heavy atom. The molecular weight excluding hydrogens is 268 g/mol. The fraction of sp³-hybridized carbons (Fsp3) is 0.467. The molecule has 1 aliphatic heterocycles. The molecule has 0 radical (unpaired) electrons. The maximum absolute atomic E-state index is 11.9. The molecule has 1 unspecified atom stereocenters. The molecule has 1 fully saturated rings. The molecule has 21 heavy (non-hydrogen) atoms. The first-order valence-electron chi connectivity index (χ1n) is 6.98. The van der Waals surface area contributed by atoms with Gasteiger partial charge in [-0.25, -0.2) is 0 Å². The third kappa shape index (κ3) is 5.16. The van der Waals surface area contributed by atoms with Crippen LogP contribution in [0.15, 0.2) is 24.3 Å². The van der Waals surface area contributed by atoms with E-state index in [0.717, 1.165) is 19.7 Å². The summed E-state index contributed by atoms with van der Waals surface area (Å²) < 4.78 is 5.61. The summed E-state index contributed by atoms with van der Waals surface area (Å²) in [5.41, 5.74) is 1.27. The minimum Gasteiger partial charge on any atom is -0.374 e. The van der Waals surface area contributed by atoms with Gasteiger partial charge in [0, 0.05) is 25.3 Å². The summed E-state index contributed by atoms with van der Waals surface area (Å²) in [6, 6.07) is 8.86. The van der Waals surface area contributed by atoms with Gasteiger partial charge in [0.2, 0.25) is 5.91 Å². The van der Waals surface area contributed by atoms with Crippen LogP contribution in [0.5, 0.6) is 0 Å². The number of benzene rings is 1. The standard InChI is InChI=1S/C15H20N4O2/c1-19(10-14-9-17-6-7-21-14)11-15(20)18-13-4-2-12(8-16)3-5-13/h2-5,14,17H,6-7,9-11H2,1H3,(H,18,20). The predicted molar refractivity (Wildman–Crippen MR) is 79.9 cm³/mol. The Balaban J connectivity index is 1.76. The number of hydrogen-bond donors (Lipinski definition) is 2. The van der Waals surface area contributed by atoms with Gasteiger partial charge in [-0.3, -0.25) is 9.69 Å². The van der Waals surface area contributed by atoms with Crippen LogP contribution in [0.2, 0.25) is 0 Å². The molecule has 2 N–H and O–H groups in total. The molecule has 112 valence electrons. The molecule has 1 amide bonds. The Labute approximate surface area is 124 Å². The number of amides is 1. The van der Waals surface area contributed by atoms with Gasteiger partial charge >= 0.3 is 0 Å². The minimum absolute atomic E-state index is 0.0778. The van der Waals surface area contributed by atoms with Crippen molar-refractivity contribution in [3.05, 3.63) is 29.8 Å². The Kier molecular flexibility index (Phi) is 5.69. The number of nitriles is 1. The summed E-state index contributed by atoms with van der Waals surface area (Å²) in [6.07, 6.45) is 0.131. The van der Waals surface area contributed by atoms with E-state index in [1.165, 1.54) is 0 Å². The van der Waals surface area contributed by atoms with E-state index >= 15 is 0 Å². The van der Waals surface area contributed by atoms with Crippen LogP contribution in [0.1, 0.15) is 5.56 Å². The van der Waals surface area contributed by atoms with Gasteiger partial charge < -0.3 is 15.4 Å². The fourth-order valence-corrected chi connectivity index (χ4v) is 2.22. The van der Waals surface area contributed by atoms with E-state index in [2.05, 4.69) is 10.6 Å². The zero-order valence-corrected chi connectivity index (χ0v) is 12.1. The van der Waals surface area contributed by atoms with Crippen molar-refractivity contribution >= 4 is 11.6 Å². The molecular formula is C15H20N4O2. The number of likely N-dealkylation sites (N-methyl/N-ethyl adjacent to an activating group) is 1. The molecule has 1 aliphatic rings. The van der Waals surface area contributed by atoms with Crippen LogP contribution >= 0.6 is 0 Å². The molecule has 0 saturated carbocycles. The van der Waals surface area contributed by atoms with E-state index in [1.807, 2.05) is 18.0 Å². The SMILES string of the molecule is CN(CC(=O)Nc1ccc(C#N)cc1)CC1CNCCO1. The molecule has 0 aromatic heterocycles. The summed E-state index contributed by atoms with van der Waals surface area (Å²) in [5.74, 6) is -0.0778. The zero-order chi connectivity index (χ0) is 15.1. The number of morpholine rings is 1. The summed E-state index contributed by atoms with van der Waals surface area (Å²) in [5, 5.41) is 14.8. The second kappa shape index (κ2) is 7.74. The Bertz CT molecular complexity index is 503. The quantitative estimate of drug-likeness (QED) is 0.821. The number of hydrogen-bond acceptors (Lipinski definition) is 5. The van der Waals surface area contributed by atoms with Gasteiger partial charge in [-0.05, 0) is 31.3 Å². The monoisotopic (exact) mass is 288 g/mol. The normalized spacial score (nSPS) is 18.2. The fourth-order valence-electron chi connectivity index (χ4n) is 2.22. The summed E-state index contributed by atoms with van der Waals surface area (Å²) >= 11 is 0. The molecule has 1 aromatic rings. The van der Waals surface area contributed by atoms with Crippen LogP contribution < -0.4 is 10.6 Å². The Morgan fingerprint density at radius 2 is 2.29 bits per heavy atom. The summed E-state index contributed by atoms with van der Waals surface area (Å²) in [6.45, 7) is 3.45. The topological polar surface area (TPSA) is 77.4 Å². The molecule has 1 aromatic carbocycles. The van der Waals surface area contributed by atoms with Crippen LogP contribution in [0.3, 0.4) is 0 Å². The first-order chi connectivity index (χ1) is 10.2. The number of nitrogens with one attached hydrogen (secondary N) is 2. The number of carbonyl (C=O) groups excluding carboxylic acids is 1. The molecule has 6 nitrogen and oxygen atoms in total. The number of anilines is 1. The maximum Gasteiger partial charge on any atom is 0.238 e. The van der Waals surface area contributed by atoms with Crippen molar-refractivity contribution in [3.8, 4) is 6.07 Å². The Hall–Kier alpha value is -1.94. The average molecular weight is 288 g/mol. The van der Waals surface area contributed by atoms with Gasteiger partial charge in [0.1, 0.15) is 0 Å². The summed E-state index contributed by atoms with van der Waals surface area (Å²) in [7, 11) is 1.90.